The molecule has 1 aliphatic rings. The van der Waals surface area contributed by atoms with E-state index in [4.69, 9.17) is 14.3 Å². The van der Waals surface area contributed by atoms with Crippen LogP contribution in [0.5, 0.6) is 5.75 Å². The zero-order valence-corrected chi connectivity index (χ0v) is 16.6. The van der Waals surface area contributed by atoms with Crippen LogP contribution in [0.15, 0.2) is 75.0 Å². The minimum absolute atomic E-state index is 0.204. The Morgan fingerprint density at radius 2 is 1.83 bits per heavy atom. The molecule has 0 bridgehead atoms. The normalized spacial score (nSPS) is 16.1. The van der Waals surface area contributed by atoms with Crippen LogP contribution in [0.3, 0.4) is 0 Å². The first-order chi connectivity index (χ1) is 14.5. The van der Waals surface area contributed by atoms with E-state index in [1.54, 1.807) is 61.7 Å². The number of thioether (sulfide) groups is 1. The SMILES string of the molecule is COc1ccc(N=C2NC(=O)/C(=C/c3ccc(-c4ccc(C(=O)O)cc4)o3)S2)cc1. The number of furan rings is 1. The topological polar surface area (TPSA) is 101 Å². The van der Waals surface area contributed by atoms with Gasteiger partial charge < -0.3 is 19.6 Å². The second kappa shape index (κ2) is 8.30. The van der Waals surface area contributed by atoms with Gasteiger partial charge in [-0.25, -0.2) is 9.79 Å². The van der Waals surface area contributed by atoms with E-state index in [0.29, 0.717) is 27.3 Å². The quantitative estimate of drug-likeness (QED) is 0.588. The molecule has 150 valence electrons. The minimum Gasteiger partial charge on any atom is -0.497 e. The molecule has 0 saturated carbocycles. The van der Waals surface area contributed by atoms with Crippen LogP contribution < -0.4 is 10.1 Å². The molecule has 4 rings (SSSR count). The molecule has 1 saturated heterocycles. The molecule has 1 amide bonds. The van der Waals surface area contributed by atoms with Crippen molar-refractivity contribution < 1.29 is 23.8 Å². The molecule has 7 nitrogen and oxygen atoms in total. The molecule has 0 aliphatic carbocycles. The lowest BCUT2D eigenvalue weighted by Crippen LogP contribution is -2.19. The first-order valence-corrected chi connectivity index (χ1v) is 9.71. The van der Waals surface area contributed by atoms with Gasteiger partial charge in [0.15, 0.2) is 5.17 Å². The second-order valence-corrected chi connectivity index (χ2v) is 7.29. The highest BCUT2D eigenvalue weighted by Gasteiger charge is 2.24. The second-order valence-electron chi connectivity index (χ2n) is 6.26. The van der Waals surface area contributed by atoms with Crippen molar-refractivity contribution in [2.45, 2.75) is 0 Å². The Balaban J connectivity index is 1.50. The van der Waals surface area contributed by atoms with E-state index in [1.165, 1.54) is 23.9 Å². The first-order valence-electron chi connectivity index (χ1n) is 8.89. The van der Waals surface area contributed by atoms with Gasteiger partial charge in [0.2, 0.25) is 0 Å². The average Bonchev–Trinajstić information content (AvgIpc) is 3.35. The summed E-state index contributed by atoms with van der Waals surface area (Å²) in [7, 11) is 1.59. The van der Waals surface area contributed by atoms with Gasteiger partial charge in [-0.15, -0.1) is 0 Å². The molecular weight excluding hydrogens is 404 g/mol. The van der Waals surface area contributed by atoms with Gasteiger partial charge in [-0.05, 0) is 60.3 Å². The molecule has 2 heterocycles. The first kappa shape index (κ1) is 19.5. The predicted octanol–water partition coefficient (Wildman–Crippen LogP) is 4.55. The fourth-order valence-electron chi connectivity index (χ4n) is 2.75. The van der Waals surface area contributed by atoms with Crippen LogP contribution in [-0.2, 0) is 4.79 Å². The molecule has 1 aromatic heterocycles. The summed E-state index contributed by atoms with van der Waals surface area (Å²) in [5.74, 6) is 0.581. The van der Waals surface area contributed by atoms with Gasteiger partial charge in [-0.3, -0.25) is 4.79 Å². The molecule has 30 heavy (non-hydrogen) atoms. The Morgan fingerprint density at radius 3 is 2.50 bits per heavy atom. The van der Waals surface area contributed by atoms with Crippen molar-refractivity contribution in [2.24, 2.45) is 4.99 Å². The van der Waals surface area contributed by atoms with E-state index in [0.717, 1.165) is 11.3 Å². The Morgan fingerprint density at radius 1 is 1.10 bits per heavy atom. The number of methoxy groups -OCH3 is 1. The van der Waals surface area contributed by atoms with Gasteiger partial charge >= 0.3 is 5.97 Å². The van der Waals surface area contributed by atoms with Gasteiger partial charge in [-0.2, -0.15) is 0 Å². The van der Waals surface area contributed by atoms with E-state index in [1.807, 2.05) is 0 Å². The van der Waals surface area contributed by atoms with Gasteiger partial charge in [-0.1, -0.05) is 12.1 Å². The fourth-order valence-corrected chi connectivity index (χ4v) is 3.57. The fraction of sp³-hybridized carbons (Fsp3) is 0.0455. The van der Waals surface area contributed by atoms with Crippen LogP contribution in [0, 0.1) is 0 Å². The van der Waals surface area contributed by atoms with Gasteiger partial charge in [0.25, 0.3) is 5.91 Å². The van der Waals surface area contributed by atoms with Crippen molar-refractivity contribution in [2.75, 3.05) is 7.11 Å². The van der Waals surface area contributed by atoms with Crippen molar-refractivity contribution in [3.05, 3.63) is 76.9 Å². The summed E-state index contributed by atoms with van der Waals surface area (Å²) >= 11 is 1.22. The van der Waals surface area contributed by atoms with E-state index in [2.05, 4.69) is 10.3 Å². The lowest BCUT2D eigenvalue weighted by molar-refractivity contribution is -0.115. The number of nitrogens with one attached hydrogen (secondary N) is 1. The molecule has 3 aromatic rings. The molecule has 2 aromatic carbocycles. The number of carboxylic acid groups (broad SMARTS) is 1. The third-order valence-corrected chi connectivity index (χ3v) is 5.18. The third-order valence-electron chi connectivity index (χ3n) is 4.27. The largest absolute Gasteiger partial charge is 0.497 e. The lowest BCUT2D eigenvalue weighted by Gasteiger charge is -1.99. The minimum atomic E-state index is -0.984. The maximum atomic E-state index is 12.3. The highest BCUT2D eigenvalue weighted by Crippen LogP contribution is 2.30. The van der Waals surface area contributed by atoms with E-state index >= 15 is 0 Å². The smallest absolute Gasteiger partial charge is 0.335 e. The summed E-state index contributed by atoms with van der Waals surface area (Å²) < 4.78 is 10.9. The number of hydrogen-bond acceptors (Lipinski definition) is 6. The van der Waals surface area contributed by atoms with Crippen molar-refractivity contribution in [3.63, 3.8) is 0 Å². The number of carbonyl (C=O) groups is 2. The maximum absolute atomic E-state index is 12.3. The highest BCUT2D eigenvalue weighted by molar-refractivity contribution is 8.18. The van der Waals surface area contributed by atoms with Gasteiger partial charge in [0.1, 0.15) is 17.3 Å². The van der Waals surface area contributed by atoms with Crippen molar-refractivity contribution in [1.82, 2.24) is 5.32 Å². The molecule has 2 N–H and O–H groups in total. The number of hydrogen-bond donors (Lipinski definition) is 2. The molecule has 0 atom stereocenters. The number of amidine groups is 1. The van der Waals surface area contributed by atoms with Crippen molar-refractivity contribution in [1.29, 1.82) is 0 Å². The van der Waals surface area contributed by atoms with E-state index < -0.39 is 5.97 Å². The molecule has 0 unspecified atom stereocenters. The average molecular weight is 420 g/mol. The number of benzene rings is 2. The van der Waals surface area contributed by atoms with E-state index in [9.17, 15) is 9.59 Å². The molecule has 0 spiro atoms. The van der Waals surface area contributed by atoms with Gasteiger partial charge in [0, 0.05) is 11.6 Å². The summed E-state index contributed by atoms with van der Waals surface area (Å²) in [6, 6.07) is 17.1. The van der Waals surface area contributed by atoms with Crippen molar-refractivity contribution in [3.8, 4) is 17.1 Å². The van der Waals surface area contributed by atoms with Crippen LogP contribution >= 0.6 is 11.8 Å². The number of ether oxygens (including phenoxy) is 1. The third kappa shape index (κ3) is 4.28. The zero-order valence-electron chi connectivity index (χ0n) is 15.8. The number of carboxylic acids is 1. The standard InChI is InChI=1S/C22H16N2O5S/c1-28-16-8-6-15(7-9-16)23-22-24-20(25)19(30-22)12-17-10-11-18(29-17)13-2-4-14(5-3-13)21(26)27/h2-12H,1H3,(H,26,27)(H,23,24,25)/b19-12-. The number of rotatable bonds is 5. The number of nitrogens with zero attached hydrogens (tertiary/aromatic N) is 1. The zero-order chi connectivity index (χ0) is 21.1. The lowest BCUT2D eigenvalue weighted by atomic mass is 10.1. The van der Waals surface area contributed by atoms with Crippen LogP contribution in [0.25, 0.3) is 17.4 Å². The Hall–Kier alpha value is -3.78. The Bertz CT molecular complexity index is 1160. The summed E-state index contributed by atoms with van der Waals surface area (Å²) in [5, 5.41) is 12.2. The number of amides is 1. The van der Waals surface area contributed by atoms with Crippen LogP contribution in [0.2, 0.25) is 0 Å². The molecule has 1 aliphatic heterocycles. The summed E-state index contributed by atoms with van der Waals surface area (Å²) in [6.07, 6.45) is 1.64. The summed E-state index contributed by atoms with van der Waals surface area (Å²) in [5.41, 5.74) is 1.65. The summed E-state index contributed by atoms with van der Waals surface area (Å²) in [6.45, 7) is 0. The molecule has 1 fully saturated rings. The number of carbonyl (C=O) groups excluding carboxylic acids is 1. The number of aliphatic imine (C=N–C) groups is 1. The molecule has 8 heteroatoms. The Kier molecular flexibility index (Phi) is 5.40. The van der Waals surface area contributed by atoms with Crippen molar-refractivity contribution >= 4 is 40.6 Å². The summed E-state index contributed by atoms with van der Waals surface area (Å²) in [4.78, 5) is 28.1. The number of aromatic carboxylic acids is 1. The monoisotopic (exact) mass is 420 g/mol. The van der Waals surface area contributed by atoms with E-state index in [-0.39, 0.29) is 11.5 Å². The predicted molar refractivity (Wildman–Crippen MR) is 115 cm³/mol. The van der Waals surface area contributed by atoms with Gasteiger partial charge in [0.05, 0.1) is 23.3 Å². The van der Waals surface area contributed by atoms with Crippen LogP contribution in [0.1, 0.15) is 16.1 Å². The maximum Gasteiger partial charge on any atom is 0.335 e. The Labute approximate surface area is 176 Å². The highest BCUT2D eigenvalue weighted by atomic mass is 32.2. The van der Waals surface area contributed by atoms with Crippen LogP contribution in [-0.4, -0.2) is 29.3 Å². The van der Waals surface area contributed by atoms with Crippen LogP contribution in [0.4, 0.5) is 5.69 Å². The molecule has 0 radical (unpaired) electrons. The molecular formula is C22H16N2O5S.